The van der Waals surface area contributed by atoms with E-state index in [1.54, 1.807) is 11.3 Å². The van der Waals surface area contributed by atoms with Crippen molar-refractivity contribution in [1.29, 1.82) is 0 Å². The van der Waals surface area contributed by atoms with Crippen LogP contribution in [-0.2, 0) is 0 Å². The van der Waals surface area contributed by atoms with E-state index in [1.807, 2.05) is 6.92 Å². The van der Waals surface area contributed by atoms with Gasteiger partial charge in [-0.1, -0.05) is 11.3 Å². The van der Waals surface area contributed by atoms with Gasteiger partial charge < -0.3 is 10.2 Å². The van der Waals surface area contributed by atoms with E-state index in [-0.39, 0.29) is 0 Å². The Morgan fingerprint density at radius 3 is 2.94 bits per heavy atom. The molecule has 2 saturated heterocycles. The maximum absolute atomic E-state index is 4.29. The van der Waals surface area contributed by atoms with E-state index >= 15 is 0 Å². The van der Waals surface area contributed by atoms with Crippen molar-refractivity contribution in [3.05, 3.63) is 5.01 Å². The van der Waals surface area contributed by atoms with Crippen LogP contribution < -0.4 is 10.2 Å². The van der Waals surface area contributed by atoms with Crippen molar-refractivity contribution < 1.29 is 0 Å². The van der Waals surface area contributed by atoms with Gasteiger partial charge >= 0.3 is 0 Å². The molecule has 2 atom stereocenters. The summed E-state index contributed by atoms with van der Waals surface area (Å²) in [7, 11) is 0. The highest BCUT2D eigenvalue weighted by Gasteiger charge is 2.34. The van der Waals surface area contributed by atoms with Crippen LogP contribution in [0.5, 0.6) is 0 Å². The number of rotatable bonds is 2. The Labute approximate surface area is 100 Å². The fourth-order valence-electron chi connectivity index (χ4n) is 2.89. The van der Waals surface area contributed by atoms with Crippen molar-refractivity contribution in [2.75, 3.05) is 18.0 Å². The van der Waals surface area contributed by atoms with Crippen LogP contribution in [0.4, 0.5) is 5.13 Å². The first kappa shape index (κ1) is 10.5. The highest BCUT2D eigenvalue weighted by atomic mass is 32.1. The van der Waals surface area contributed by atoms with Gasteiger partial charge in [0.05, 0.1) is 0 Å². The minimum Gasteiger partial charge on any atom is -0.342 e. The smallest absolute Gasteiger partial charge is 0.208 e. The molecule has 0 aliphatic carbocycles. The van der Waals surface area contributed by atoms with Gasteiger partial charge in [0.1, 0.15) is 5.01 Å². The molecule has 2 fully saturated rings. The summed E-state index contributed by atoms with van der Waals surface area (Å²) >= 11 is 1.72. The quantitative estimate of drug-likeness (QED) is 0.849. The second-order valence-electron chi connectivity index (χ2n) is 4.71. The number of hydrogen-bond donors (Lipinski definition) is 1. The second-order valence-corrected chi connectivity index (χ2v) is 5.87. The molecule has 2 aliphatic rings. The Kier molecular flexibility index (Phi) is 2.81. The molecule has 0 bridgehead atoms. The van der Waals surface area contributed by atoms with Crippen molar-refractivity contribution >= 4 is 16.5 Å². The summed E-state index contributed by atoms with van der Waals surface area (Å²) in [6.45, 7) is 4.36. The highest BCUT2D eigenvalue weighted by Crippen LogP contribution is 2.31. The molecule has 0 aromatic carbocycles. The van der Waals surface area contributed by atoms with Crippen LogP contribution in [0.3, 0.4) is 0 Å². The van der Waals surface area contributed by atoms with Gasteiger partial charge in [0.15, 0.2) is 0 Å². The van der Waals surface area contributed by atoms with Crippen molar-refractivity contribution in [2.24, 2.45) is 0 Å². The van der Waals surface area contributed by atoms with Crippen molar-refractivity contribution in [1.82, 2.24) is 15.5 Å². The van der Waals surface area contributed by atoms with E-state index in [1.165, 1.54) is 32.2 Å². The monoisotopic (exact) mass is 238 g/mol. The molecule has 5 heteroatoms. The summed E-state index contributed by atoms with van der Waals surface area (Å²) in [5, 5.41) is 14.2. The Balaban J connectivity index is 1.78. The zero-order valence-corrected chi connectivity index (χ0v) is 10.5. The lowest BCUT2D eigenvalue weighted by Gasteiger charge is -2.28. The van der Waals surface area contributed by atoms with Crippen LogP contribution in [0.25, 0.3) is 0 Å². The maximum atomic E-state index is 4.29. The number of aromatic nitrogens is 2. The molecule has 1 N–H and O–H groups in total. The molecule has 16 heavy (non-hydrogen) atoms. The van der Waals surface area contributed by atoms with Gasteiger partial charge in [-0.15, -0.1) is 10.2 Å². The van der Waals surface area contributed by atoms with Gasteiger partial charge in [-0.3, -0.25) is 0 Å². The van der Waals surface area contributed by atoms with Crippen LogP contribution in [-0.4, -0.2) is 35.4 Å². The zero-order valence-electron chi connectivity index (χ0n) is 9.65. The normalized spacial score (nSPS) is 30.2. The predicted octanol–water partition coefficient (Wildman–Crippen LogP) is 1.57. The number of anilines is 1. The highest BCUT2D eigenvalue weighted by molar-refractivity contribution is 7.15. The summed E-state index contributed by atoms with van der Waals surface area (Å²) in [6.07, 6.45) is 5.24. The number of aryl methyl sites for hydroxylation is 1. The molecule has 2 unspecified atom stereocenters. The molecule has 1 aromatic rings. The van der Waals surface area contributed by atoms with E-state index in [0.717, 1.165) is 16.7 Å². The van der Waals surface area contributed by atoms with Gasteiger partial charge in [-0.2, -0.15) is 0 Å². The standard InChI is InChI=1S/C11H18N4S/c1-8-13-14-11(16-8)15-7-3-5-10(15)9-4-2-6-12-9/h9-10,12H,2-7H2,1H3. The molecule has 1 aromatic heterocycles. The third kappa shape index (κ3) is 1.82. The molecule has 3 rings (SSSR count). The topological polar surface area (TPSA) is 41.1 Å². The lowest BCUT2D eigenvalue weighted by molar-refractivity contribution is 0.482. The lowest BCUT2D eigenvalue weighted by atomic mass is 10.0. The van der Waals surface area contributed by atoms with Crippen molar-refractivity contribution in [2.45, 2.75) is 44.7 Å². The summed E-state index contributed by atoms with van der Waals surface area (Å²) in [5.74, 6) is 0. The van der Waals surface area contributed by atoms with Crippen molar-refractivity contribution in [3.8, 4) is 0 Å². The van der Waals surface area contributed by atoms with Gasteiger partial charge in [0.25, 0.3) is 0 Å². The first-order valence-corrected chi connectivity index (χ1v) is 6.96. The van der Waals surface area contributed by atoms with Crippen LogP contribution in [0.15, 0.2) is 0 Å². The Bertz CT molecular complexity index is 359. The SMILES string of the molecule is Cc1nnc(N2CCCC2C2CCCN2)s1. The van der Waals surface area contributed by atoms with E-state index < -0.39 is 0 Å². The predicted molar refractivity (Wildman–Crippen MR) is 66.0 cm³/mol. The fraction of sp³-hybridized carbons (Fsp3) is 0.818. The average Bonchev–Trinajstić information content (AvgIpc) is 2.96. The van der Waals surface area contributed by atoms with Gasteiger partial charge in [0, 0.05) is 18.6 Å². The number of nitrogens with zero attached hydrogens (tertiary/aromatic N) is 3. The maximum Gasteiger partial charge on any atom is 0.208 e. The Hall–Kier alpha value is -0.680. The largest absolute Gasteiger partial charge is 0.342 e. The molecular formula is C11H18N4S. The fourth-order valence-corrected chi connectivity index (χ4v) is 3.66. The number of nitrogens with one attached hydrogen (secondary N) is 1. The van der Waals surface area contributed by atoms with Gasteiger partial charge in [0.2, 0.25) is 5.13 Å². The summed E-state index contributed by atoms with van der Waals surface area (Å²) in [4.78, 5) is 2.47. The molecule has 0 amide bonds. The lowest BCUT2D eigenvalue weighted by Crippen LogP contribution is -2.44. The first-order chi connectivity index (χ1) is 7.84. The van der Waals surface area contributed by atoms with Crippen LogP contribution in [0.1, 0.15) is 30.7 Å². The zero-order chi connectivity index (χ0) is 11.0. The third-order valence-electron chi connectivity index (χ3n) is 3.62. The van der Waals surface area contributed by atoms with Gasteiger partial charge in [-0.05, 0) is 39.2 Å². The summed E-state index contributed by atoms with van der Waals surface area (Å²) in [6, 6.07) is 1.32. The molecule has 4 nitrogen and oxygen atoms in total. The Morgan fingerprint density at radius 1 is 1.31 bits per heavy atom. The molecule has 3 heterocycles. The summed E-state index contributed by atoms with van der Waals surface area (Å²) < 4.78 is 0. The minimum absolute atomic E-state index is 0.648. The first-order valence-electron chi connectivity index (χ1n) is 6.15. The van der Waals surface area contributed by atoms with Crippen molar-refractivity contribution in [3.63, 3.8) is 0 Å². The van der Waals surface area contributed by atoms with E-state index in [0.29, 0.717) is 12.1 Å². The van der Waals surface area contributed by atoms with Gasteiger partial charge in [-0.25, -0.2) is 0 Å². The van der Waals surface area contributed by atoms with E-state index in [4.69, 9.17) is 0 Å². The molecule has 2 aliphatic heterocycles. The summed E-state index contributed by atoms with van der Waals surface area (Å²) in [5.41, 5.74) is 0. The average molecular weight is 238 g/mol. The van der Waals surface area contributed by atoms with Crippen LogP contribution >= 0.6 is 11.3 Å². The molecule has 0 radical (unpaired) electrons. The number of hydrogen-bond acceptors (Lipinski definition) is 5. The van der Waals surface area contributed by atoms with E-state index in [2.05, 4.69) is 20.4 Å². The van der Waals surface area contributed by atoms with Crippen LogP contribution in [0.2, 0.25) is 0 Å². The Morgan fingerprint density at radius 2 is 2.25 bits per heavy atom. The third-order valence-corrected chi connectivity index (χ3v) is 4.50. The minimum atomic E-state index is 0.648. The van der Waals surface area contributed by atoms with E-state index in [9.17, 15) is 0 Å². The molecule has 0 saturated carbocycles. The molecule has 88 valence electrons. The van der Waals surface area contributed by atoms with Crippen LogP contribution in [0, 0.1) is 6.92 Å². The molecule has 0 spiro atoms. The molecular weight excluding hydrogens is 220 g/mol. The second kappa shape index (κ2) is 4.30.